The van der Waals surface area contributed by atoms with Gasteiger partial charge in [0.25, 0.3) is 0 Å². The number of nitrogens with zero attached hydrogens (tertiary/aromatic N) is 1. The fraction of sp³-hybridized carbons (Fsp3) is 0.500. The molecule has 1 aliphatic heterocycles. The number of sulfonamides is 1. The minimum atomic E-state index is -3.42. The molecule has 1 heterocycles. The average Bonchev–Trinajstić information content (AvgIpc) is 3.27. The van der Waals surface area contributed by atoms with Crippen molar-refractivity contribution in [2.45, 2.75) is 26.2 Å². The third kappa shape index (κ3) is 3.39. The summed E-state index contributed by atoms with van der Waals surface area (Å²) in [6.45, 7) is 2.93. The number of piperidine rings is 1. The first kappa shape index (κ1) is 17.2. The Balaban J connectivity index is 1.61. The minimum absolute atomic E-state index is 0.0280. The van der Waals surface area contributed by atoms with Crippen LogP contribution >= 0.6 is 0 Å². The van der Waals surface area contributed by atoms with Gasteiger partial charge in [0.15, 0.2) is 0 Å². The zero-order chi connectivity index (χ0) is 17.4. The van der Waals surface area contributed by atoms with E-state index in [1.165, 1.54) is 16.8 Å². The molecule has 1 saturated heterocycles. The number of ether oxygens (including phenoxy) is 1. The molecule has 24 heavy (non-hydrogen) atoms. The van der Waals surface area contributed by atoms with E-state index in [-0.39, 0.29) is 17.3 Å². The van der Waals surface area contributed by atoms with Crippen molar-refractivity contribution in [1.29, 1.82) is 0 Å². The number of carbonyl (C=O) groups is 1. The van der Waals surface area contributed by atoms with Crippen LogP contribution in [0.1, 0.15) is 30.4 Å². The predicted octanol–water partition coefficient (Wildman–Crippen LogP) is 2.57. The number of methoxy groups -OCH3 is 1. The highest BCUT2D eigenvalue weighted by Gasteiger charge is 2.59. The number of hydrogen-bond donors (Lipinski definition) is 0. The molecule has 1 aromatic carbocycles. The fourth-order valence-corrected chi connectivity index (χ4v) is 4.68. The highest BCUT2D eigenvalue weighted by Crippen LogP contribution is 2.59. The second kappa shape index (κ2) is 6.33. The molecular formula is C18H23NO4S. The lowest BCUT2D eigenvalue weighted by Gasteiger charge is -2.31. The van der Waals surface area contributed by atoms with Crippen molar-refractivity contribution in [3.63, 3.8) is 0 Å². The van der Waals surface area contributed by atoms with Crippen LogP contribution < -0.4 is 0 Å². The van der Waals surface area contributed by atoms with Gasteiger partial charge in [-0.1, -0.05) is 29.8 Å². The monoisotopic (exact) mass is 349 g/mol. The maximum atomic E-state index is 12.5. The average molecular weight is 349 g/mol. The number of aryl methyl sites for hydroxylation is 1. The standard InChI is InChI=1S/C18H23NO4S/c1-14-3-5-15(6-4-14)7-12-24(21,22)19-10-8-18(9-11-19)13-16(18)17(20)23-2/h3-7,12,16H,8-11,13H2,1-2H3/b12-7+/t16-/m0/s1. The van der Waals surface area contributed by atoms with Crippen molar-refractivity contribution in [2.24, 2.45) is 11.3 Å². The third-order valence-corrected chi connectivity index (χ3v) is 6.83. The molecule has 1 aromatic rings. The molecule has 5 nitrogen and oxygen atoms in total. The number of hydrogen-bond acceptors (Lipinski definition) is 4. The Morgan fingerprint density at radius 1 is 1.25 bits per heavy atom. The van der Waals surface area contributed by atoms with Gasteiger partial charge >= 0.3 is 5.97 Å². The largest absolute Gasteiger partial charge is 0.469 e. The fourth-order valence-electron chi connectivity index (χ4n) is 3.49. The summed E-state index contributed by atoms with van der Waals surface area (Å²) in [6.07, 6.45) is 3.91. The number of esters is 1. The van der Waals surface area contributed by atoms with Crippen LogP contribution in [0.4, 0.5) is 0 Å². The van der Waals surface area contributed by atoms with Crippen LogP contribution in [0, 0.1) is 18.3 Å². The molecule has 3 rings (SSSR count). The van der Waals surface area contributed by atoms with Gasteiger partial charge in [0.1, 0.15) is 0 Å². The number of carbonyl (C=O) groups excluding carboxylic acids is 1. The Morgan fingerprint density at radius 2 is 1.88 bits per heavy atom. The van der Waals surface area contributed by atoms with Gasteiger partial charge in [0.2, 0.25) is 10.0 Å². The van der Waals surface area contributed by atoms with Gasteiger partial charge in [-0.15, -0.1) is 0 Å². The van der Waals surface area contributed by atoms with Crippen LogP contribution in [0.25, 0.3) is 6.08 Å². The molecule has 0 N–H and O–H groups in total. The third-order valence-electron chi connectivity index (χ3n) is 5.26. The van der Waals surface area contributed by atoms with E-state index < -0.39 is 10.0 Å². The second-order valence-corrected chi connectivity index (χ2v) is 8.62. The summed E-state index contributed by atoms with van der Waals surface area (Å²) in [5.74, 6) is -0.207. The predicted molar refractivity (Wildman–Crippen MR) is 92.5 cm³/mol. The van der Waals surface area contributed by atoms with E-state index in [1.54, 1.807) is 6.08 Å². The Kier molecular flexibility index (Phi) is 4.53. The van der Waals surface area contributed by atoms with Crippen molar-refractivity contribution in [2.75, 3.05) is 20.2 Å². The summed E-state index contributed by atoms with van der Waals surface area (Å²) < 4.78 is 31.3. The molecule has 2 aliphatic rings. The van der Waals surface area contributed by atoms with Crippen LogP contribution in [-0.2, 0) is 19.6 Å². The molecule has 0 unspecified atom stereocenters. The maximum absolute atomic E-state index is 12.5. The lowest BCUT2D eigenvalue weighted by Crippen LogP contribution is -2.39. The highest BCUT2D eigenvalue weighted by atomic mass is 32.2. The Hall–Kier alpha value is -1.66. The van der Waals surface area contributed by atoms with Crippen molar-refractivity contribution < 1.29 is 17.9 Å². The van der Waals surface area contributed by atoms with E-state index in [4.69, 9.17) is 4.74 Å². The lowest BCUT2D eigenvalue weighted by molar-refractivity contribution is -0.143. The molecule has 1 aliphatic carbocycles. The Bertz CT molecular complexity index is 744. The first-order chi connectivity index (χ1) is 11.4. The maximum Gasteiger partial charge on any atom is 0.309 e. The molecule has 0 bridgehead atoms. The Morgan fingerprint density at radius 3 is 2.46 bits per heavy atom. The highest BCUT2D eigenvalue weighted by molar-refractivity contribution is 7.92. The SMILES string of the molecule is COC(=O)[C@@H]1CC12CCN(S(=O)(=O)/C=C/c1ccc(C)cc1)CC2. The molecular weight excluding hydrogens is 326 g/mol. The van der Waals surface area contributed by atoms with E-state index in [9.17, 15) is 13.2 Å². The van der Waals surface area contributed by atoms with Gasteiger partial charge < -0.3 is 4.74 Å². The van der Waals surface area contributed by atoms with E-state index in [1.807, 2.05) is 31.2 Å². The minimum Gasteiger partial charge on any atom is -0.469 e. The van der Waals surface area contributed by atoms with Crippen LogP contribution in [0.5, 0.6) is 0 Å². The lowest BCUT2D eigenvalue weighted by atomic mass is 9.92. The van der Waals surface area contributed by atoms with E-state index in [2.05, 4.69) is 0 Å². The molecule has 130 valence electrons. The summed E-state index contributed by atoms with van der Waals surface area (Å²) >= 11 is 0. The Labute approximate surface area is 143 Å². The number of rotatable bonds is 4. The molecule has 1 spiro atoms. The van der Waals surface area contributed by atoms with Gasteiger partial charge in [-0.3, -0.25) is 4.79 Å². The van der Waals surface area contributed by atoms with E-state index >= 15 is 0 Å². The molecule has 0 aromatic heterocycles. The van der Waals surface area contributed by atoms with Crippen molar-refractivity contribution >= 4 is 22.1 Å². The molecule has 1 atom stereocenters. The van der Waals surface area contributed by atoms with Gasteiger partial charge in [0, 0.05) is 18.5 Å². The van der Waals surface area contributed by atoms with Gasteiger partial charge in [-0.25, -0.2) is 8.42 Å². The van der Waals surface area contributed by atoms with Gasteiger partial charge in [-0.05, 0) is 43.2 Å². The summed E-state index contributed by atoms with van der Waals surface area (Å²) in [6, 6.07) is 7.71. The zero-order valence-corrected chi connectivity index (χ0v) is 14.9. The topological polar surface area (TPSA) is 63.7 Å². The van der Waals surface area contributed by atoms with Gasteiger partial charge in [0.05, 0.1) is 13.0 Å². The van der Waals surface area contributed by atoms with Crippen LogP contribution in [0.15, 0.2) is 29.7 Å². The smallest absolute Gasteiger partial charge is 0.309 e. The van der Waals surface area contributed by atoms with Crippen LogP contribution in [0.3, 0.4) is 0 Å². The van der Waals surface area contributed by atoms with Crippen molar-refractivity contribution in [3.8, 4) is 0 Å². The first-order valence-electron chi connectivity index (χ1n) is 8.19. The van der Waals surface area contributed by atoms with Crippen molar-refractivity contribution in [1.82, 2.24) is 4.31 Å². The number of benzene rings is 1. The zero-order valence-electron chi connectivity index (χ0n) is 14.1. The molecule has 0 radical (unpaired) electrons. The first-order valence-corrected chi connectivity index (χ1v) is 9.69. The summed E-state index contributed by atoms with van der Waals surface area (Å²) in [5, 5.41) is 1.28. The molecule has 6 heteroatoms. The normalized spacial score (nSPS) is 23.5. The molecule has 2 fully saturated rings. The molecule has 1 saturated carbocycles. The van der Waals surface area contributed by atoms with Crippen LogP contribution in [-0.4, -0.2) is 38.9 Å². The second-order valence-electron chi connectivity index (χ2n) is 6.80. The quantitative estimate of drug-likeness (QED) is 0.784. The summed E-state index contributed by atoms with van der Waals surface area (Å²) in [4.78, 5) is 11.6. The van der Waals surface area contributed by atoms with E-state index in [0.717, 1.165) is 30.4 Å². The van der Waals surface area contributed by atoms with Gasteiger partial charge in [-0.2, -0.15) is 4.31 Å². The summed E-state index contributed by atoms with van der Waals surface area (Å²) in [5.41, 5.74) is 1.98. The summed E-state index contributed by atoms with van der Waals surface area (Å²) in [7, 11) is -2.01. The van der Waals surface area contributed by atoms with Crippen molar-refractivity contribution in [3.05, 3.63) is 40.8 Å². The van der Waals surface area contributed by atoms with Crippen LogP contribution in [0.2, 0.25) is 0 Å². The molecule has 0 amide bonds. The van der Waals surface area contributed by atoms with E-state index in [0.29, 0.717) is 13.1 Å².